The number of benzene rings is 2. The maximum Gasteiger partial charge on any atom is 0.203 e. The molecular formula is C17H10F3NO2S. The van der Waals surface area contributed by atoms with E-state index in [-0.39, 0.29) is 6.29 Å². The minimum Gasteiger partial charge on any atom is -0.503 e. The topological polar surface area (TPSA) is 63.3 Å². The van der Waals surface area contributed by atoms with E-state index in [4.69, 9.17) is 10.8 Å². The van der Waals surface area contributed by atoms with Crippen molar-refractivity contribution in [2.45, 2.75) is 0 Å². The van der Waals surface area contributed by atoms with Crippen LogP contribution in [0.15, 0.2) is 36.4 Å². The third-order valence-electron chi connectivity index (χ3n) is 2.94. The Kier molecular flexibility index (Phi) is 5.45. The van der Waals surface area contributed by atoms with E-state index in [2.05, 4.69) is 11.4 Å². The molecule has 0 radical (unpaired) electrons. The molecule has 0 aliphatic carbocycles. The van der Waals surface area contributed by atoms with E-state index in [0.29, 0.717) is 6.07 Å². The van der Waals surface area contributed by atoms with Crippen molar-refractivity contribution in [2.24, 2.45) is 0 Å². The van der Waals surface area contributed by atoms with Crippen molar-refractivity contribution in [3.63, 3.8) is 0 Å². The summed E-state index contributed by atoms with van der Waals surface area (Å²) in [7, 11) is 0. The second-order valence-corrected chi connectivity index (χ2v) is 5.33. The highest BCUT2D eigenvalue weighted by Crippen LogP contribution is 2.27. The van der Waals surface area contributed by atoms with Crippen LogP contribution in [0.2, 0.25) is 0 Å². The third-order valence-corrected chi connectivity index (χ3v) is 3.72. The van der Waals surface area contributed by atoms with Crippen LogP contribution in [-0.4, -0.2) is 11.4 Å². The van der Waals surface area contributed by atoms with Crippen molar-refractivity contribution in [3.05, 3.63) is 70.9 Å². The van der Waals surface area contributed by atoms with E-state index in [1.54, 1.807) is 0 Å². The monoisotopic (exact) mass is 349 g/mol. The van der Waals surface area contributed by atoms with Crippen molar-refractivity contribution in [1.29, 1.82) is 0 Å². The summed E-state index contributed by atoms with van der Waals surface area (Å²) in [6.07, 6.45) is -0.0163. The first-order valence-corrected chi connectivity index (χ1v) is 7.31. The highest BCUT2D eigenvalue weighted by molar-refractivity contribution is 7.12. The summed E-state index contributed by atoms with van der Waals surface area (Å²) >= 11 is 1.53. The van der Waals surface area contributed by atoms with Crippen LogP contribution < -0.4 is 5.73 Å². The Balaban J connectivity index is 0.000000174. The Labute approximate surface area is 139 Å². The quantitative estimate of drug-likeness (QED) is 0.414. The molecule has 0 fully saturated rings. The smallest absolute Gasteiger partial charge is 0.203 e. The first-order chi connectivity index (χ1) is 11.5. The van der Waals surface area contributed by atoms with E-state index >= 15 is 0 Å². The van der Waals surface area contributed by atoms with Gasteiger partial charge in [0.2, 0.25) is 5.82 Å². The van der Waals surface area contributed by atoms with E-state index in [0.717, 1.165) is 16.1 Å². The van der Waals surface area contributed by atoms with Crippen molar-refractivity contribution in [2.75, 3.05) is 5.73 Å². The van der Waals surface area contributed by atoms with Crippen molar-refractivity contribution < 1.29 is 23.1 Å². The minimum absolute atomic E-state index is 0.0163. The van der Waals surface area contributed by atoms with Crippen LogP contribution in [0.5, 0.6) is 5.75 Å². The average molecular weight is 349 g/mol. The normalized spacial score (nSPS) is 9.62. The number of nitrogens with two attached hydrogens (primary N) is 1. The summed E-state index contributed by atoms with van der Waals surface area (Å²) in [5.74, 6) is -6.09. The van der Waals surface area contributed by atoms with E-state index < -0.39 is 28.8 Å². The lowest BCUT2D eigenvalue weighted by Crippen LogP contribution is -1.95. The standard InChI is InChI=1S/C10H7NS.C7H3F3O2/c11-9-5-2-1-4-8(9)10-6-3-7-12-10;8-4-1-3(2-11)5(9)7(12)6(4)10/h1-2,4-6H,11H2;1-2,12H. The highest BCUT2D eigenvalue weighted by atomic mass is 32.1. The summed E-state index contributed by atoms with van der Waals surface area (Å²) in [5.41, 5.74) is 6.95. The number of phenolic OH excluding ortho intramolecular Hbond substituents is 1. The van der Waals surface area contributed by atoms with Gasteiger partial charge in [0.25, 0.3) is 0 Å². The Morgan fingerprint density at radius 1 is 1.17 bits per heavy atom. The summed E-state index contributed by atoms with van der Waals surface area (Å²) in [5, 5.41) is 11.5. The molecule has 0 aliphatic rings. The number of rotatable bonds is 2. The molecule has 0 spiro atoms. The van der Waals surface area contributed by atoms with Crippen LogP contribution in [-0.2, 0) is 0 Å². The van der Waals surface area contributed by atoms with Crippen molar-refractivity contribution in [1.82, 2.24) is 0 Å². The molecule has 3 N–H and O–H groups in total. The first-order valence-electron chi connectivity index (χ1n) is 6.49. The molecule has 0 saturated carbocycles. The zero-order valence-corrected chi connectivity index (χ0v) is 12.8. The van der Waals surface area contributed by atoms with Gasteiger partial charge in [0.15, 0.2) is 23.7 Å². The van der Waals surface area contributed by atoms with Gasteiger partial charge in [0.05, 0.1) is 10.4 Å². The molecule has 2 aromatic carbocycles. The molecule has 3 aromatic rings. The maximum absolute atomic E-state index is 12.6. The molecule has 0 unspecified atom stereocenters. The number of nitrogen functional groups attached to an aromatic ring is 1. The van der Waals surface area contributed by atoms with Gasteiger partial charge >= 0.3 is 0 Å². The molecule has 0 bridgehead atoms. The summed E-state index contributed by atoms with van der Waals surface area (Å²) in [4.78, 5) is 11.1. The number of phenols is 1. The first kappa shape index (κ1) is 17.4. The number of aromatic hydroxyl groups is 1. The molecule has 0 atom stereocenters. The molecule has 122 valence electrons. The number of carbonyl (C=O) groups is 1. The fourth-order valence-corrected chi connectivity index (χ4v) is 2.40. The number of hydrogen-bond acceptors (Lipinski definition) is 4. The lowest BCUT2D eigenvalue weighted by molar-refractivity contribution is 0.111. The van der Waals surface area contributed by atoms with Gasteiger partial charge in [0, 0.05) is 17.3 Å². The summed E-state index contributed by atoms with van der Waals surface area (Å²) < 4.78 is 37.2. The zero-order valence-electron chi connectivity index (χ0n) is 12.0. The molecule has 0 amide bonds. The van der Waals surface area contributed by atoms with Gasteiger partial charge in [-0.15, -0.1) is 0 Å². The van der Waals surface area contributed by atoms with E-state index in [9.17, 15) is 18.0 Å². The summed E-state index contributed by atoms with van der Waals surface area (Å²) in [6, 6.07) is 13.0. The Hall–Kier alpha value is -2.98. The molecular weight excluding hydrogens is 339 g/mol. The fraction of sp³-hybridized carbons (Fsp3) is 0. The fourth-order valence-electron chi connectivity index (χ4n) is 1.76. The second kappa shape index (κ2) is 7.53. The average Bonchev–Trinajstić information content (AvgIpc) is 3.11. The van der Waals surface area contributed by atoms with Crippen molar-refractivity contribution >= 4 is 23.3 Å². The molecule has 3 rings (SSSR count). The van der Waals surface area contributed by atoms with Crippen LogP contribution in [0.4, 0.5) is 18.9 Å². The Bertz CT molecular complexity index is 851. The molecule has 3 nitrogen and oxygen atoms in total. The van der Waals surface area contributed by atoms with Gasteiger partial charge in [-0.3, -0.25) is 4.79 Å². The van der Waals surface area contributed by atoms with Gasteiger partial charge < -0.3 is 10.8 Å². The van der Waals surface area contributed by atoms with Crippen molar-refractivity contribution in [3.8, 4) is 16.2 Å². The Morgan fingerprint density at radius 3 is 2.46 bits per heavy atom. The number of hydrogen-bond donors (Lipinski definition) is 2. The second-order valence-electron chi connectivity index (χ2n) is 4.49. The zero-order chi connectivity index (χ0) is 17.7. The maximum atomic E-state index is 12.6. The van der Waals surface area contributed by atoms with Crippen LogP contribution in [0.25, 0.3) is 10.4 Å². The predicted molar refractivity (Wildman–Crippen MR) is 85.2 cm³/mol. The highest BCUT2D eigenvalue weighted by Gasteiger charge is 2.17. The SMILES string of the molecule is Nc1ccccc1-c1cc#cs1.O=Cc1cc(F)c(F)c(O)c1F. The van der Waals surface area contributed by atoms with Crippen LogP contribution in [0.1, 0.15) is 10.4 Å². The predicted octanol–water partition coefficient (Wildman–Crippen LogP) is 4.22. The Morgan fingerprint density at radius 2 is 1.88 bits per heavy atom. The van der Waals surface area contributed by atoms with Crippen LogP contribution in [0.3, 0.4) is 0 Å². The molecule has 1 aromatic heterocycles. The summed E-state index contributed by atoms with van der Waals surface area (Å²) in [6.45, 7) is 0. The van der Waals surface area contributed by atoms with Gasteiger partial charge in [-0.2, -0.15) is 4.39 Å². The molecule has 24 heavy (non-hydrogen) atoms. The largest absolute Gasteiger partial charge is 0.503 e. The van der Waals surface area contributed by atoms with E-state index in [1.807, 2.05) is 30.3 Å². The van der Waals surface area contributed by atoms with Gasteiger partial charge in [-0.25, -0.2) is 8.78 Å². The third kappa shape index (κ3) is 3.67. The number of anilines is 1. The minimum atomic E-state index is -1.70. The lowest BCUT2D eigenvalue weighted by Gasteiger charge is -2.00. The molecule has 1 heterocycles. The van der Waals surface area contributed by atoms with E-state index in [1.165, 1.54) is 11.3 Å². The van der Waals surface area contributed by atoms with Crippen LogP contribution in [0, 0.1) is 28.9 Å². The number of aldehydes is 1. The van der Waals surface area contributed by atoms with Gasteiger partial charge in [-0.05, 0) is 17.5 Å². The lowest BCUT2D eigenvalue weighted by atomic mass is 10.1. The molecule has 7 heteroatoms. The molecule has 0 aliphatic heterocycles. The number of halogens is 3. The van der Waals surface area contributed by atoms with Gasteiger partial charge in [-0.1, -0.05) is 35.6 Å². The number of para-hydroxylation sites is 1. The van der Waals surface area contributed by atoms with Gasteiger partial charge in [0.1, 0.15) is 0 Å². The van der Waals surface area contributed by atoms with Crippen LogP contribution >= 0.6 is 11.3 Å². The molecule has 0 saturated heterocycles. The number of carbonyl (C=O) groups excluding carboxylic acids is 1.